The highest BCUT2D eigenvalue weighted by Gasteiger charge is 2.48. The third-order valence-corrected chi connectivity index (χ3v) is 2.77. The van der Waals surface area contributed by atoms with Gasteiger partial charge in [-0.15, -0.1) is 0 Å². The van der Waals surface area contributed by atoms with Crippen molar-refractivity contribution in [2.75, 3.05) is 6.61 Å². The second-order valence-corrected chi connectivity index (χ2v) is 4.64. The Balaban J connectivity index is 2.93. The van der Waals surface area contributed by atoms with Crippen molar-refractivity contribution >= 4 is 10.1 Å². The molecule has 1 aromatic rings. The van der Waals surface area contributed by atoms with E-state index in [2.05, 4.69) is 4.18 Å². The molecule has 0 fully saturated rings. The van der Waals surface area contributed by atoms with Crippen LogP contribution in [0.1, 0.15) is 5.56 Å². The molecule has 0 saturated heterocycles. The van der Waals surface area contributed by atoms with Crippen LogP contribution in [0.3, 0.4) is 0 Å². The summed E-state index contributed by atoms with van der Waals surface area (Å²) >= 11 is 0. The predicted molar refractivity (Wildman–Crippen MR) is 52.8 cm³/mol. The van der Waals surface area contributed by atoms with Crippen molar-refractivity contribution in [3.05, 3.63) is 29.8 Å². The molecule has 1 rings (SSSR count). The van der Waals surface area contributed by atoms with Gasteiger partial charge in [0, 0.05) is 6.61 Å². The van der Waals surface area contributed by atoms with E-state index in [0.29, 0.717) is 5.56 Å². The lowest BCUT2D eigenvalue weighted by Crippen LogP contribution is -2.28. The molecule has 1 N–H and O–H groups in total. The van der Waals surface area contributed by atoms with E-state index in [1.54, 1.807) is 0 Å². The lowest BCUT2D eigenvalue weighted by Gasteiger charge is -2.10. The van der Waals surface area contributed by atoms with Crippen LogP contribution in [0.5, 0.6) is 5.75 Å². The standard InChI is InChI=1S/C9H9F3O4S/c10-9(11,12)17(14,15)16-8-3-1-2-7(6-8)4-5-13/h1-3,6,13H,4-5H2. The molecule has 0 atom stereocenters. The van der Waals surface area contributed by atoms with E-state index in [1.165, 1.54) is 12.1 Å². The van der Waals surface area contributed by atoms with Crippen molar-refractivity contribution in [1.82, 2.24) is 0 Å². The Bertz CT molecular complexity index is 481. The zero-order valence-corrected chi connectivity index (χ0v) is 9.25. The van der Waals surface area contributed by atoms with Crippen LogP contribution in [-0.2, 0) is 16.5 Å². The van der Waals surface area contributed by atoms with Crippen LogP contribution in [0.4, 0.5) is 13.2 Å². The van der Waals surface area contributed by atoms with Gasteiger partial charge in [-0.2, -0.15) is 21.6 Å². The third-order valence-electron chi connectivity index (χ3n) is 1.79. The van der Waals surface area contributed by atoms with E-state index < -0.39 is 21.4 Å². The monoisotopic (exact) mass is 270 g/mol. The number of rotatable bonds is 4. The van der Waals surface area contributed by atoms with Crippen LogP contribution in [0.25, 0.3) is 0 Å². The minimum atomic E-state index is -5.64. The molecule has 0 unspecified atom stereocenters. The first-order valence-electron chi connectivity index (χ1n) is 4.47. The van der Waals surface area contributed by atoms with Crippen molar-refractivity contribution in [2.45, 2.75) is 11.9 Å². The number of alkyl halides is 3. The lowest BCUT2D eigenvalue weighted by molar-refractivity contribution is -0.0500. The van der Waals surface area contributed by atoms with E-state index >= 15 is 0 Å². The summed E-state index contributed by atoms with van der Waals surface area (Å²) in [7, 11) is -5.64. The molecular formula is C9H9F3O4S. The number of benzene rings is 1. The van der Waals surface area contributed by atoms with E-state index in [1.807, 2.05) is 0 Å². The fourth-order valence-corrected chi connectivity index (χ4v) is 1.51. The molecule has 0 saturated carbocycles. The average Bonchev–Trinajstić information content (AvgIpc) is 2.16. The van der Waals surface area contributed by atoms with E-state index in [4.69, 9.17) is 5.11 Å². The second-order valence-electron chi connectivity index (χ2n) is 3.10. The van der Waals surface area contributed by atoms with E-state index in [0.717, 1.165) is 12.1 Å². The van der Waals surface area contributed by atoms with Gasteiger partial charge in [0.05, 0.1) is 0 Å². The topological polar surface area (TPSA) is 63.6 Å². The summed E-state index contributed by atoms with van der Waals surface area (Å²) in [6.07, 6.45) is 0.198. The molecule has 0 aliphatic rings. The summed E-state index contributed by atoms with van der Waals surface area (Å²) in [5.41, 5.74) is -4.98. The molecule has 0 spiro atoms. The summed E-state index contributed by atoms with van der Waals surface area (Å²) in [5.74, 6) is -0.437. The normalized spacial score (nSPS) is 12.5. The second kappa shape index (κ2) is 4.92. The van der Waals surface area contributed by atoms with Gasteiger partial charge in [-0.05, 0) is 24.1 Å². The number of hydrogen-bond donors (Lipinski definition) is 1. The van der Waals surface area contributed by atoms with E-state index in [9.17, 15) is 21.6 Å². The van der Waals surface area contributed by atoms with Crippen molar-refractivity contribution < 1.29 is 30.9 Å². The SMILES string of the molecule is O=S(=O)(Oc1cccc(CCO)c1)C(F)(F)F. The van der Waals surface area contributed by atoms with Crippen molar-refractivity contribution in [1.29, 1.82) is 0 Å². The summed E-state index contributed by atoms with van der Waals surface area (Å²) < 4.78 is 61.4. The van der Waals surface area contributed by atoms with Crippen LogP contribution < -0.4 is 4.18 Å². The zero-order valence-electron chi connectivity index (χ0n) is 8.44. The van der Waals surface area contributed by atoms with Crippen LogP contribution in [0.2, 0.25) is 0 Å². The summed E-state index contributed by atoms with van der Waals surface area (Å²) in [5, 5.41) is 8.63. The van der Waals surface area contributed by atoms with Gasteiger partial charge in [-0.1, -0.05) is 12.1 Å². The minimum absolute atomic E-state index is 0.198. The Morgan fingerprint density at radius 3 is 2.47 bits per heavy atom. The van der Waals surface area contributed by atoms with Gasteiger partial charge in [0.1, 0.15) is 5.75 Å². The molecule has 0 aliphatic carbocycles. The molecule has 0 aromatic heterocycles. The molecule has 4 nitrogen and oxygen atoms in total. The highest BCUT2D eigenvalue weighted by Crippen LogP contribution is 2.27. The summed E-state index contributed by atoms with van der Waals surface area (Å²) in [4.78, 5) is 0. The van der Waals surface area contributed by atoms with Gasteiger partial charge in [-0.3, -0.25) is 0 Å². The maximum atomic E-state index is 12.0. The molecule has 96 valence electrons. The van der Waals surface area contributed by atoms with Crippen molar-refractivity contribution in [3.63, 3.8) is 0 Å². The molecule has 0 heterocycles. The largest absolute Gasteiger partial charge is 0.534 e. The van der Waals surface area contributed by atoms with Crippen LogP contribution in [-0.4, -0.2) is 25.6 Å². The van der Waals surface area contributed by atoms with Gasteiger partial charge < -0.3 is 9.29 Å². The molecular weight excluding hydrogens is 261 g/mol. The Morgan fingerprint density at radius 1 is 1.29 bits per heavy atom. The fourth-order valence-electron chi connectivity index (χ4n) is 1.06. The first-order chi connectivity index (χ1) is 7.76. The van der Waals surface area contributed by atoms with Crippen molar-refractivity contribution in [2.24, 2.45) is 0 Å². The molecule has 8 heteroatoms. The summed E-state index contributed by atoms with van der Waals surface area (Å²) in [6.45, 7) is -0.199. The Morgan fingerprint density at radius 2 is 1.94 bits per heavy atom. The average molecular weight is 270 g/mol. The highest BCUT2D eigenvalue weighted by atomic mass is 32.2. The number of halogens is 3. The Hall–Kier alpha value is -1.28. The molecule has 0 bridgehead atoms. The number of aliphatic hydroxyl groups excluding tert-OH is 1. The Labute approximate surface area is 95.8 Å². The number of aliphatic hydroxyl groups is 1. The van der Waals surface area contributed by atoms with E-state index in [-0.39, 0.29) is 13.0 Å². The van der Waals surface area contributed by atoms with Gasteiger partial charge in [0.2, 0.25) is 0 Å². The first-order valence-corrected chi connectivity index (χ1v) is 5.87. The van der Waals surface area contributed by atoms with Gasteiger partial charge >= 0.3 is 15.6 Å². The first kappa shape index (κ1) is 13.8. The molecule has 17 heavy (non-hydrogen) atoms. The van der Waals surface area contributed by atoms with Gasteiger partial charge in [-0.25, -0.2) is 0 Å². The maximum Gasteiger partial charge on any atom is 0.534 e. The van der Waals surface area contributed by atoms with Crippen LogP contribution >= 0.6 is 0 Å². The highest BCUT2D eigenvalue weighted by molar-refractivity contribution is 7.87. The van der Waals surface area contributed by atoms with Crippen molar-refractivity contribution in [3.8, 4) is 5.75 Å². The number of hydrogen-bond acceptors (Lipinski definition) is 4. The smallest absolute Gasteiger partial charge is 0.396 e. The molecule has 0 amide bonds. The Kier molecular flexibility index (Phi) is 3.99. The zero-order chi connectivity index (χ0) is 13.1. The fraction of sp³-hybridized carbons (Fsp3) is 0.333. The lowest BCUT2D eigenvalue weighted by atomic mass is 10.1. The third kappa shape index (κ3) is 3.60. The quantitative estimate of drug-likeness (QED) is 0.664. The molecule has 1 aromatic carbocycles. The van der Waals surface area contributed by atoms with Gasteiger partial charge in [0.15, 0.2) is 0 Å². The maximum absolute atomic E-state index is 12.0. The molecule has 0 aliphatic heterocycles. The summed E-state index contributed by atoms with van der Waals surface area (Å²) in [6, 6.07) is 5.08. The minimum Gasteiger partial charge on any atom is -0.396 e. The molecule has 0 radical (unpaired) electrons. The predicted octanol–water partition coefficient (Wildman–Crippen LogP) is 1.45. The van der Waals surface area contributed by atoms with Crippen LogP contribution in [0, 0.1) is 0 Å². The van der Waals surface area contributed by atoms with Crippen LogP contribution in [0.15, 0.2) is 24.3 Å². The van der Waals surface area contributed by atoms with Gasteiger partial charge in [0.25, 0.3) is 0 Å².